The highest BCUT2D eigenvalue weighted by molar-refractivity contribution is 5.77. The van der Waals surface area contributed by atoms with Crippen molar-refractivity contribution in [2.75, 3.05) is 13.7 Å². The highest BCUT2D eigenvalue weighted by Gasteiger charge is 2.36. The van der Waals surface area contributed by atoms with Crippen LogP contribution in [0.2, 0.25) is 0 Å². The number of ether oxygens (including phenoxy) is 1. The van der Waals surface area contributed by atoms with Gasteiger partial charge >= 0.3 is 0 Å². The van der Waals surface area contributed by atoms with Crippen LogP contribution in [0.15, 0.2) is 63.5 Å². The van der Waals surface area contributed by atoms with Gasteiger partial charge < -0.3 is 18.8 Å². The Kier molecular flexibility index (Phi) is 4.54. The Morgan fingerprint density at radius 3 is 2.79 bits per heavy atom. The van der Waals surface area contributed by atoms with Crippen molar-refractivity contribution in [1.82, 2.24) is 15.0 Å². The molecule has 0 aliphatic carbocycles. The Balaban J connectivity index is 1.38. The molecule has 7 nitrogen and oxygen atoms in total. The SMILES string of the molecule is COc1ccc(-c2noc(C3CC(O)CN3Cc3cc4ccccc4o3)n2)cc1. The van der Waals surface area contributed by atoms with E-state index < -0.39 is 6.10 Å². The number of likely N-dealkylation sites (tertiary alicyclic amines) is 1. The first-order chi connectivity index (χ1) is 14.2. The van der Waals surface area contributed by atoms with Gasteiger partial charge in [0.05, 0.1) is 25.8 Å². The Morgan fingerprint density at radius 1 is 1.17 bits per heavy atom. The molecule has 4 aromatic rings. The van der Waals surface area contributed by atoms with Crippen molar-refractivity contribution in [3.05, 3.63) is 66.2 Å². The van der Waals surface area contributed by atoms with Crippen LogP contribution in [0.1, 0.15) is 24.1 Å². The third-order valence-electron chi connectivity index (χ3n) is 5.29. The van der Waals surface area contributed by atoms with E-state index in [-0.39, 0.29) is 6.04 Å². The van der Waals surface area contributed by atoms with Gasteiger partial charge in [0.2, 0.25) is 11.7 Å². The fourth-order valence-electron chi connectivity index (χ4n) is 3.85. The molecular weight excluding hydrogens is 370 g/mol. The minimum absolute atomic E-state index is 0.155. The molecule has 3 heterocycles. The van der Waals surface area contributed by atoms with Gasteiger partial charge in [0.1, 0.15) is 17.1 Å². The number of aromatic nitrogens is 2. The van der Waals surface area contributed by atoms with Crippen LogP contribution in [0.4, 0.5) is 0 Å². The standard InChI is InChI=1S/C22H21N3O4/c1-27-17-8-6-14(7-9-17)21-23-22(29-24-21)19-11-16(26)12-25(19)13-18-10-15-4-2-3-5-20(15)28-18/h2-10,16,19,26H,11-13H2,1H3. The Morgan fingerprint density at radius 2 is 2.00 bits per heavy atom. The third kappa shape index (κ3) is 3.50. The van der Waals surface area contributed by atoms with Crippen LogP contribution in [0.25, 0.3) is 22.4 Å². The fraction of sp³-hybridized carbons (Fsp3) is 0.273. The van der Waals surface area contributed by atoms with Gasteiger partial charge in [0, 0.05) is 17.5 Å². The van der Waals surface area contributed by atoms with Crippen LogP contribution in [-0.2, 0) is 6.54 Å². The number of nitrogens with zero attached hydrogens (tertiary/aromatic N) is 3. The van der Waals surface area contributed by atoms with Crippen molar-refractivity contribution in [2.24, 2.45) is 0 Å². The monoisotopic (exact) mass is 391 g/mol. The largest absolute Gasteiger partial charge is 0.497 e. The molecule has 1 aliphatic heterocycles. The predicted molar refractivity (Wildman–Crippen MR) is 106 cm³/mol. The summed E-state index contributed by atoms with van der Waals surface area (Å²) in [5.41, 5.74) is 1.71. The van der Waals surface area contributed by atoms with Crippen LogP contribution in [0, 0.1) is 0 Å². The molecule has 2 aromatic carbocycles. The zero-order valence-corrected chi connectivity index (χ0v) is 16.0. The van der Waals surface area contributed by atoms with Gasteiger partial charge in [0.15, 0.2) is 0 Å². The first kappa shape index (κ1) is 17.9. The molecular formula is C22H21N3O4. The summed E-state index contributed by atoms with van der Waals surface area (Å²) >= 11 is 0. The predicted octanol–water partition coefficient (Wildman–Crippen LogP) is 3.80. The summed E-state index contributed by atoms with van der Waals surface area (Å²) in [4.78, 5) is 6.70. The van der Waals surface area contributed by atoms with Crippen LogP contribution < -0.4 is 4.74 Å². The average Bonchev–Trinajstić information content (AvgIpc) is 3.46. The smallest absolute Gasteiger partial charge is 0.244 e. The number of rotatable bonds is 5. The lowest BCUT2D eigenvalue weighted by molar-refractivity contribution is 0.164. The summed E-state index contributed by atoms with van der Waals surface area (Å²) in [6.07, 6.45) is 0.102. The third-order valence-corrected chi connectivity index (χ3v) is 5.29. The fourth-order valence-corrected chi connectivity index (χ4v) is 3.85. The molecule has 1 fully saturated rings. The number of aliphatic hydroxyl groups is 1. The average molecular weight is 391 g/mol. The Labute approximate surface area is 167 Å². The number of para-hydroxylation sites is 1. The number of fused-ring (bicyclic) bond motifs is 1. The van der Waals surface area contributed by atoms with E-state index in [0.29, 0.717) is 31.2 Å². The number of hydrogen-bond donors (Lipinski definition) is 1. The topological polar surface area (TPSA) is 84.8 Å². The summed E-state index contributed by atoms with van der Waals surface area (Å²) in [6.45, 7) is 1.10. The molecule has 1 saturated heterocycles. The molecule has 5 rings (SSSR count). The van der Waals surface area contributed by atoms with Gasteiger partial charge in [-0.25, -0.2) is 0 Å². The molecule has 29 heavy (non-hydrogen) atoms. The van der Waals surface area contributed by atoms with E-state index >= 15 is 0 Å². The molecule has 0 amide bonds. The minimum atomic E-state index is -0.444. The maximum absolute atomic E-state index is 10.3. The molecule has 0 radical (unpaired) electrons. The van der Waals surface area contributed by atoms with E-state index in [9.17, 15) is 5.11 Å². The van der Waals surface area contributed by atoms with E-state index in [0.717, 1.165) is 28.0 Å². The molecule has 7 heteroatoms. The van der Waals surface area contributed by atoms with Crippen molar-refractivity contribution < 1.29 is 18.8 Å². The number of aliphatic hydroxyl groups excluding tert-OH is 1. The molecule has 0 spiro atoms. The molecule has 1 aliphatic rings. The lowest BCUT2D eigenvalue weighted by Crippen LogP contribution is -2.24. The van der Waals surface area contributed by atoms with E-state index in [1.165, 1.54) is 0 Å². The lowest BCUT2D eigenvalue weighted by atomic mass is 10.2. The van der Waals surface area contributed by atoms with Crippen LogP contribution in [-0.4, -0.2) is 39.9 Å². The second kappa shape index (κ2) is 7.35. The van der Waals surface area contributed by atoms with E-state index in [2.05, 4.69) is 15.0 Å². The number of methoxy groups -OCH3 is 1. The normalized spacial score (nSPS) is 19.8. The molecule has 0 bridgehead atoms. The quantitative estimate of drug-likeness (QED) is 0.554. The van der Waals surface area contributed by atoms with Gasteiger partial charge in [-0.3, -0.25) is 4.90 Å². The summed E-state index contributed by atoms with van der Waals surface area (Å²) in [7, 11) is 1.63. The number of furan rings is 1. The van der Waals surface area contributed by atoms with E-state index in [4.69, 9.17) is 13.7 Å². The van der Waals surface area contributed by atoms with E-state index in [1.807, 2.05) is 54.6 Å². The maximum Gasteiger partial charge on any atom is 0.244 e. The first-order valence-electron chi connectivity index (χ1n) is 9.57. The number of benzene rings is 2. The first-order valence-corrected chi connectivity index (χ1v) is 9.57. The summed E-state index contributed by atoms with van der Waals surface area (Å²) < 4.78 is 16.7. The van der Waals surface area contributed by atoms with Gasteiger partial charge in [-0.05, 0) is 42.8 Å². The molecule has 2 unspecified atom stereocenters. The van der Waals surface area contributed by atoms with Crippen LogP contribution in [0.3, 0.4) is 0 Å². The summed E-state index contributed by atoms with van der Waals surface area (Å²) in [5.74, 6) is 2.64. The second-order valence-corrected chi connectivity index (χ2v) is 7.27. The van der Waals surface area contributed by atoms with Gasteiger partial charge in [-0.15, -0.1) is 0 Å². The molecule has 1 N–H and O–H groups in total. The highest BCUT2D eigenvalue weighted by atomic mass is 16.5. The number of hydrogen-bond acceptors (Lipinski definition) is 7. The molecule has 0 saturated carbocycles. The van der Waals surface area contributed by atoms with Crippen molar-refractivity contribution >= 4 is 11.0 Å². The Hall–Kier alpha value is -3.16. The maximum atomic E-state index is 10.3. The van der Waals surface area contributed by atoms with Gasteiger partial charge in [-0.1, -0.05) is 23.4 Å². The van der Waals surface area contributed by atoms with Gasteiger partial charge in [-0.2, -0.15) is 4.98 Å². The zero-order valence-electron chi connectivity index (χ0n) is 16.0. The number of β-amino-alcohol motifs (C(OH)–C–C–N with tert-alkyl or cyclic N) is 1. The zero-order chi connectivity index (χ0) is 19.8. The summed E-state index contributed by atoms with van der Waals surface area (Å²) in [5, 5.41) is 15.5. The van der Waals surface area contributed by atoms with Gasteiger partial charge in [0.25, 0.3) is 0 Å². The highest BCUT2D eigenvalue weighted by Crippen LogP contribution is 2.34. The molecule has 2 aromatic heterocycles. The molecule has 148 valence electrons. The second-order valence-electron chi connectivity index (χ2n) is 7.27. The van der Waals surface area contributed by atoms with E-state index in [1.54, 1.807) is 7.11 Å². The minimum Gasteiger partial charge on any atom is -0.497 e. The lowest BCUT2D eigenvalue weighted by Gasteiger charge is -2.19. The molecule has 2 atom stereocenters. The van der Waals surface area contributed by atoms with Crippen molar-refractivity contribution in [1.29, 1.82) is 0 Å². The van der Waals surface area contributed by atoms with Crippen molar-refractivity contribution in [3.8, 4) is 17.1 Å². The van der Waals surface area contributed by atoms with Crippen LogP contribution >= 0.6 is 0 Å². The summed E-state index contributed by atoms with van der Waals surface area (Å²) in [6, 6.07) is 17.3. The van der Waals surface area contributed by atoms with Crippen LogP contribution in [0.5, 0.6) is 5.75 Å². The van der Waals surface area contributed by atoms with Crippen molar-refractivity contribution in [2.45, 2.75) is 25.1 Å². The Bertz CT molecular complexity index is 1090. The van der Waals surface area contributed by atoms with Crippen molar-refractivity contribution in [3.63, 3.8) is 0 Å².